The Hall–Kier alpha value is -5.73. The molecule has 0 spiro atoms. The van der Waals surface area contributed by atoms with Gasteiger partial charge in [-0.3, -0.25) is 4.98 Å². The molecule has 0 unspecified atom stereocenters. The van der Waals surface area contributed by atoms with Crippen LogP contribution in [0.5, 0.6) is 0 Å². The minimum Gasteiger partial charge on any atom is -0.454 e. The molecule has 2 heterocycles. The summed E-state index contributed by atoms with van der Waals surface area (Å²) in [6.07, 6.45) is 1.82. The van der Waals surface area contributed by atoms with Crippen LogP contribution in [0.1, 0.15) is 0 Å². The third kappa shape index (κ3) is 3.63. The van der Waals surface area contributed by atoms with E-state index in [9.17, 15) is 0 Å². The van der Waals surface area contributed by atoms with E-state index in [0.29, 0.717) is 0 Å². The Morgan fingerprint density at radius 2 is 0.907 bits per heavy atom. The highest BCUT2D eigenvalue weighted by Gasteiger charge is 2.24. The Balaban J connectivity index is 1.31. The van der Waals surface area contributed by atoms with E-state index in [0.717, 1.165) is 33.2 Å². The molecule has 8 aromatic rings. The van der Waals surface area contributed by atoms with Crippen LogP contribution in [-0.4, -0.2) is 4.98 Å². The van der Waals surface area contributed by atoms with Gasteiger partial charge in [0, 0.05) is 17.1 Å². The minimum atomic E-state index is 0.807. The molecule has 0 amide bonds. The maximum absolute atomic E-state index is 6.36. The molecular weight excluding hydrogens is 522 g/mol. The summed E-state index contributed by atoms with van der Waals surface area (Å²) in [6, 6.07) is 52.2. The fourth-order valence-electron chi connectivity index (χ4n) is 6.85. The first-order chi connectivity index (χ1) is 21.3. The summed E-state index contributed by atoms with van der Waals surface area (Å²) in [6.45, 7) is 0. The van der Waals surface area contributed by atoms with E-state index in [1.54, 1.807) is 0 Å². The molecule has 200 valence electrons. The molecule has 2 heteroatoms. The Kier molecular flexibility index (Phi) is 5.23. The normalized spacial score (nSPS) is 11.7. The molecule has 0 saturated carbocycles. The number of hydrogen-bond acceptors (Lipinski definition) is 2. The van der Waals surface area contributed by atoms with Crippen LogP contribution in [0.3, 0.4) is 0 Å². The smallest absolute Gasteiger partial charge is 0.153 e. The van der Waals surface area contributed by atoms with Crippen LogP contribution in [0, 0.1) is 0 Å². The van der Waals surface area contributed by atoms with Crippen LogP contribution >= 0.6 is 0 Å². The van der Waals surface area contributed by atoms with Crippen molar-refractivity contribution in [1.29, 1.82) is 0 Å². The van der Waals surface area contributed by atoms with Gasteiger partial charge < -0.3 is 4.42 Å². The standard InChI is InChI=1S/C41H25NO/c1-2-14-31-30(13-1)32-15-3-4-16-34(32)36-21-8-19-28(39(36)35-18-6-5-17-33(31)35)26-11-7-12-27(25-26)29-20-9-22-37-40-38(43-41(29)37)23-10-24-42-40/h1-25H. The van der Waals surface area contributed by atoms with E-state index in [-0.39, 0.29) is 0 Å². The number of benzene rings is 6. The number of pyridine rings is 1. The summed E-state index contributed by atoms with van der Waals surface area (Å²) in [5, 5.41) is 1.03. The van der Waals surface area contributed by atoms with E-state index in [1.165, 1.54) is 55.6 Å². The van der Waals surface area contributed by atoms with Gasteiger partial charge in [0.15, 0.2) is 5.58 Å². The zero-order chi connectivity index (χ0) is 28.3. The molecule has 1 aliphatic carbocycles. The SMILES string of the molecule is c1cc(-c2cccc3c2-c2ccccc2-c2ccccc2-c2ccccc2-3)cc(-c2cccc3c2oc2cccnc23)c1. The van der Waals surface area contributed by atoms with Crippen molar-refractivity contribution in [2.24, 2.45) is 0 Å². The first-order valence-electron chi connectivity index (χ1n) is 14.6. The van der Waals surface area contributed by atoms with Crippen molar-refractivity contribution in [3.63, 3.8) is 0 Å². The molecule has 0 atom stereocenters. The van der Waals surface area contributed by atoms with Crippen molar-refractivity contribution in [1.82, 2.24) is 4.98 Å². The summed E-state index contributed by atoms with van der Waals surface area (Å²) in [7, 11) is 0. The zero-order valence-electron chi connectivity index (χ0n) is 23.3. The quantitative estimate of drug-likeness (QED) is 0.215. The van der Waals surface area contributed by atoms with Gasteiger partial charge in [-0.25, -0.2) is 0 Å². The number of rotatable bonds is 2. The second-order valence-corrected chi connectivity index (χ2v) is 11.1. The third-order valence-electron chi connectivity index (χ3n) is 8.72. The molecule has 9 rings (SSSR count). The summed E-state index contributed by atoms with van der Waals surface area (Å²) in [5.74, 6) is 0. The molecule has 1 aliphatic rings. The van der Waals surface area contributed by atoms with Crippen molar-refractivity contribution in [3.8, 4) is 66.8 Å². The van der Waals surface area contributed by atoms with Crippen molar-refractivity contribution >= 4 is 22.1 Å². The van der Waals surface area contributed by atoms with Gasteiger partial charge in [-0.15, -0.1) is 0 Å². The Morgan fingerprint density at radius 3 is 1.63 bits per heavy atom. The maximum atomic E-state index is 6.36. The topological polar surface area (TPSA) is 26.0 Å². The van der Waals surface area contributed by atoms with Crippen LogP contribution in [0.25, 0.3) is 88.8 Å². The molecular formula is C41H25NO. The number of aromatic nitrogens is 1. The molecule has 0 fully saturated rings. The first kappa shape index (κ1) is 23.9. The monoisotopic (exact) mass is 547 g/mol. The molecule has 2 nitrogen and oxygen atoms in total. The van der Waals surface area contributed by atoms with Crippen LogP contribution < -0.4 is 0 Å². The largest absolute Gasteiger partial charge is 0.454 e. The molecule has 43 heavy (non-hydrogen) atoms. The summed E-state index contributed by atoms with van der Waals surface area (Å²) < 4.78 is 6.36. The van der Waals surface area contributed by atoms with E-state index in [4.69, 9.17) is 4.42 Å². The van der Waals surface area contributed by atoms with Gasteiger partial charge in [0.1, 0.15) is 11.1 Å². The van der Waals surface area contributed by atoms with Gasteiger partial charge in [0.2, 0.25) is 0 Å². The summed E-state index contributed by atoms with van der Waals surface area (Å²) >= 11 is 0. The zero-order valence-corrected chi connectivity index (χ0v) is 23.3. The molecule has 2 aromatic heterocycles. The minimum absolute atomic E-state index is 0.807. The first-order valence-corrected chi connectivity index (χ1v) is 14.6. The predicted octanol–water partition coefficient (Wildman–Crippen LogP) is 11.3. The van der Waals surface area contributed by atoms with Gasteiger partial charge >= 0.3 is 0 Å². The van der Waals surface area contributed by atoms with Gasteiger partial charge in [0.25, 0.3) is 0 Å². The number of para-hydroxylation sites is 1. The van der Waals surface area contributed by atoms with Gasteiger partial charge in [-0.2, -0.15) is 0 Å². The molecule has 0 radical (unpaired) electrons. The second-order valence-electron chi connectivity index (χ2n) is 11.1. The van der Waals surface area contributed by atoms with Crippen molar-refractivity contribution in [2.45, 2.75) is 0 Å². The third-order valence-corrected chi connectivity index (χ3v) is 8.72. The summed E-state index contributed by atoms with van der Waals surface area (Å²) in [4.78, 5) is 4.60. The fraction of sp³-hybridized carbons (Fsp3) is 0. The Labute approximate surface area is 249 Å². The highest BCUT2D eigenvalue weighted by atomic mass is 16.3. The summed E-state index contributed by atoms with van der Waals surface area (Å²) in [5.41, 5.74) is 17.1. The number of furan rings is 1. The van der Waals surface area contributed by atoms with Crippen LogP contribution in [-0.2, 0) is 0 Å². The molecule has 0 bridgehead atoms. The molecule has 6 aromatic carbocycles. The van der Waals surface area contributed by atoms with Crippen LogP contribution in [0.15, 0.2) is 156 Å². The lowest BCUT2D eigenvalue weighted by atomic mass is 9.78. The Bertz CT molecular complexity index is 2350. The van der Waals surface area contributed by atoms with Crippen molar-refractivity contribution < 1.29 is 4.42 Å². The lowest BCUT2D eigenvalue weighted by Crippen LogP contribution is -1.98. The molecule has 0 N–H and O–H groups in total. The Morgan fingerprint density at radius 1 is 0.395 bits per heavy atom. The number of hydrogen-bond donors (Lipinski definition) is 0. The van der Waals surface area contributed by atoms with Crippen LogP contribution in [0.4, 0.5) is 0 Å². The van der Waals surface area contributed by atoms with E-state index < -0.39 is 0 Å². The molecule has 0 aliphatic heterocycles. The highest BCUT2D eigenvalue weighted by Crippen LogP contribution is 2.50. The van der Waals surface area contributed by atoms with Gasteiger partial charge in [-0.1, -0.05) is 121 Å². The maximum Gasteiger partial charge on any atom is 0.153 e. The lowest BCUT2D eigenvalue weighted by Gasteiger charge is -2.25. The number of fused-ring (bicyclic) bond motifs is 11. The average molecular weight is 548 g/mol. The fourth-order valence-corrected chi connectivity index (χ4v) is 6.85. The lowest BCUT2D eigenvalue weighted by molar-refractivity contribution is 0.669. The van der Waals surface area contributed by atoms with E-state index >= 15 is 0 Å². The van der Waals surface area contributed by atoms with Crippen molar-refractivity contribution in [2.75, 3.05) is 0 Å². The van der Waals surface area contributed by atoms with Gasteiger partial charge in [0.05, 0.1) is 0 Å². The van der Waals surface area contributed by atoms with E-state index in [2.05, 4.69) is 138 Å². The van der Waals surface area contributed by atoms with Crippen molar-refractivity contribution in [3.05, 3.63) is 152 Å². The molecule has 0 saturated heterocycles. The number of nitrogens with zero attached hydrogens (tertiary/aromatic N) is 1. The average Bonchev–Trinajstić information content (AvgIpc) is 3.46. The van der Waals surface area contributed by atoms with E-state index in [1.807, 2.05) is 18.3 Å². The van der Waals surface area contributed by atoms with Gasteiger partial charge in [-0.05, 0) is 85.5 Å². The highest BCUT2D eigenvalue weighted by molar-refractivity contribution is 6.09. The predicted molar refractivity (Wildman–Crippen MR) is 178 cm³/mol. The second kappa shape index (κ2) is 9.40. The van der Waals surface area contributed by atoms with Crippen LogP contribution in [0.2, 0.25) is 0 Å².